The van der Waals surface area contributed by atoms with Gasteiger partial charge in [-0.05, 0) is 30.7 Å². The van der Waals surface area contributed by atoms with E-state index in [4.69, 9.17) is 15.3 Å². The highest BCUT2D eigenvalue weighted by atomic mass is 19.4. The van der Waals surface area contributed by atoms with E-state index in [-0.39, 0.29) is 23.9 Å². The van der Waals surface area contributed by atoms with E-state index in [2.05, 4.69) is 4.74 Å². The van der Waals surface area contributed by atoms with Crippen LogP contribution in [0.5, 0.6) is 5.95 Å². The SMILES string of the molecule is Cc1c(N2CCN(Cc3ccc(OC(=O)O)o3)CC2)c(=O)n(C[C@H](N)c2ccccc2)c(=O)n1Cc1c(F)cccc1C(F)(F)F. The Morgan fingerprint density at radius 1 is 0.978 bits per heavy atom. The number of furan rings is 1. The van der Waals surface area contributed by atoms with Gasteiger partial charge in [0, 0.05) is 49.5 Å². The van der Waals surface area contributed by atoms with Gasteiger partial charge >= 0.3 is 18.0 Å². The minimum absolute atomic E-state index is 0.0888. The molecule has 0 unspecified atom stereocenters. The summed E-state index contributed by atoms with van der Waals surface area (Å²) in [4.78, 5) is 42.2. The third-order valence-corrected chi connectivity index (χ3v) is 7.90. The predicted octanol–water partition coefficient (Wildman–Crippen LogP) is 4.20. The number of benzene rings is 2. The first-order valence-corrected chi connectivity index (χ1v) is 14.3. The second-order valence-corrected chi connectivity index (χ2v) is 10.9. The lowest BCUT2D eigenvalue weighted by molar-refractivity contribution is -0.138. The van der Waals surface area contributed by atoms with Crippen LogP contribution in [0, 0.1) is 12.7 Å². The molecule has 4 aromatic rings. The van der Waals surface area contributed by atoms with Crippen molar-refractivity contribution in [2.24, 2.45) is 5.73 Å². The number of rotatable bonds is 9. The van der Waals surface area contributed by atoms with Crippen LogP contribution in [0.1, 0.15) is 34.2 Å². The van der Waals surface area contributed by atoms with Gasteiger partial charge in [-0.2, -0.15) is 13.2 Å². The molecule has 1 aliphatic heterocycles. The van der Waals surface area contributed by atoms with E-state index < -0.39 is 53.1 Å². The van der Waals surface area contributed by atoms with Crippen molar-refractivity contribution in [2.75, 3.05) is 31.1 Å². The van der Waals surface area contributed by atoms with E-state index in [1.165, 1.54) is 13.0 Å². The van der Waals surface area contributed by atoms with Crippen LogP contribution in [0.4, 0.5) is 28.0 Å². The molecule has 15 heteroatoms. The van der Waals surface area contributed by atoms with Crippen molar-refractivity contribution in [3.05, 3.63) is 115 Å². The number of nitrogens with two attached hydrogens (primary N) is 1. The van der Waals surface area contributed by atoms with Gasteiger partial charge in [-0.3, -0.25) is 18.8 Å². The Bertz CT molecular complexity index is 1830. The zero-order chi connectivity index (χ0) is 33.2. The second-order valence-electron chi connectivity index (χ2n) is 10.9. The van der Waals surface area contributed by atoms with Crippen LogP contribution in [0.25, 0.3) is 0 Å². The number of nitrogens with zero attached hydrogens (tertiary/aromatic N) is 4. The number of aromatic nitrogens is 2. The smallest absolute Gasteiger partial charge is 0.449 e. The quantitative estimate of drug-likeness (QED) is 0.203. The Morgan fingerprint density at radius 2 is 1.67 bits per heavy atom. The van der Waals surface area contributed by atoms with Gasteiger partial charge in [0.2, 0.25) is 0 Å². The average molecular weight is 646 g/mol. The summed E-state index contributed by atoms with van der Waals surface area (Å²) in [5.74, 6) is -0.848. The molecule has 0 spiro atoms. The summed E-state index contributed by atoms with van der Waals surface area (Å²) in [6, 6.07) is 13.5. The molecule has 1 saturated heterocycles. The zero-order valence-corrected chi connectivity index (χ0v) is 24.7. The number of carbonyl (C=O) groups is 1. The van der Waals surface area contributed by atoms with Crippen LogP contribution < -0.4 is 26.6 Å². The number of piperazine rings is 1. The number of carboxylic acid groups (broad SMARTS) is 1. The van der Waals surface area contributed by atoms with E-state index in [9.17, 15) is 31.9 Å². The molecule has 0 bridgehead atoms. The predicted molar refractivity (Wildman–Crippen MR) is 158 cm³/mol. The van der Waals surface area contributed by atoms with Crippen LogP contribution in [-0.2, 0) is 25.8 Å². The highest BCUT2D eigenvalue weighted by molar-refractivity contribution is 5.60. The van der Waals surface area contributed by atoms with E-state index in [0.717, 1.165) is 27.3 Å². The highest BCUT2D eigenvalue weighted by Crippen LogP contribution is 2.33. The summed E-state index contributed by atoms with van der Waals surface area (Å²) < 4.78 is 68.3. The molecule has 2 aromatic carbocycles. The van der Waals surface area contributed by atoms with Gasteiger partial charge in [-0.15, -0.1) is 0 Å². The Balaban J connectivity index is 1.49. The first-order valence-electron chi connectivity index (χ1n) is 14.3. The number of halogens is 4. The lowest BCUT2D eigenvalue weighted by atomic mass is 10.1. The van der Waals surface area contributed by atoms with E-state index >= 15 is 0 Å². The molecule has 46 heavy (non-hydrogen) atoms. The number of hydrogen-bond acceptors (Lipinski definition) is 8. The third-order valence-electron chi connectivity index (χ3n) is 7.90. The van der Waals surface area contributed by atoms with Crippen molar-refractivity contribution in [1.82, 2.24) is 14.0 Å². The van der Waals surface area contributed by atoms with Gasteiger partial charge in [0.05, 0.1) is 25.2 Å². The van der Waals surface area contributed by atoms with Crippen LogP contribution in [0.2, 0.25) is 0 Å². The van der Waals surface area contributed by atoms with Crippen LogP contribution in [-0.4, -0.2) is 51.5 Å². The van der Waals surface area contributed by atoms with E-state index in [1.54, 1.807) is 41.3 Å². The maximum Gasteiger partial charge on any atom is 0.513 e. The molecule has 5 rings (SSSR count). The normalized spacial score (nSPS) is 14.8. The molecule has 0 radical (unpaired) electrons. The minimum atomic E-state index is -4.88. The fourth-order valence-corrected chi connectivity index (χ4v) is 5.58. The lowest BCUT2D eigenvalue weighted by Gasteiger charge is -2.36. The van der Waals surface area contributed by atoms with Gasteiger partial charge in [-0.1, -0.05) is 36.4 Å². The fraction of sp³-hybridized carbons (Fsp3) is 0.323. The first-order chi connectivity index (χ1) is 21.8. The van der Waals surface area contributed by atoms with Gasteiger partial charge in [0.15, 0.2) is 0 Å². The molecule has 1 atom stereocenters. The summed E-state index contributed by atoms with van der Waals surface area (Å²) in [7, 11) is 0. The molecule has 0 aliphatic carbocycles. The van der Waals surface area contributed by atoms with Gasteiger partial charge < -0.3 is 24.9 Å². The highest BCUT2D eigenvalue weighted by Gasteiger charge is 2.35. The summed E-state index contributed by atoms with van der Waals surface area (Å²) in [6.07, 6.45) is -6.39. The van der Waals surface area contributed by atoms with Crippen LogP contribution >= 0.6 is 0 Å². The molecule has 0 amide bonds. The standard InChI is InChI=1S/C31H31F4N5O6/c1-19-27(38-14-12-37(13-15-38)16-21-10-11-26(45-21)46-30(43)44)28(41)40(18-25(36)20-6-3-2-4-7-20)29(42)39(19)17-22-23(31(33,34)35)8-5-9-24(22)32/h2-11,25H,12-18,36H2,1H3,(H,43,44)/t25-/m0/s1. The maximum absolute atomic E-state index is 14.9. The maximum atomic E-state index is 14.9. The summed E-state index contributed by atoms with van der Waals surface area (Å²) in [6.45, 7) is 2.17. The van der Waals surface area contributed by atoms with Crippen molar-refractivity contribution in [2.45, 2.75) is 38.8 Å². The van der Waals surface area contributed by atoms with Crippen LogP contribution in [0.15, 0.2) is 74.7 Å². The first kappa shape index (κ1) is 32.5. The number of ether oxygens (including phenoxy) is 1. The molecule has 244 valence electrons. The minimum Gasteiger partial charge on any atom is -0.449 e. The fourth-order valence-electron chi connectivity index (χ4n) is 5.58. The van der Waals surface area contributed by atoms with Gasteiger partial charge in [0.1, 0.15) is 17.3 Å². The Labute approximate surface area is 259 Å². The molecule has 1 aliphatic rings. The van der Waals surface area contributed by atoms with Crippen molar-refractivity contribution in [3.63, 3.8) is 0 Å². The lowest BCUT2D eigenvalue weighted by Crippen LogP contribution is -2.51. The van der Waals surface area contributed by atoms with Gasteiger partial charge in [0.25, 0.3) is 11.5 Å². The molecular formula is C31H31F4N5O6. The monoisotopic (exact) mass is 645 g/mol. The molecule has 3 heterocycles. The molecule has 3 N–H and O–H groups in total. The van der Waals surface area contributed by atoms with Crippen molar-refractivity contribution in [1.29, 1.82) is 0 Å². The number of alkyl halides is 3. The molecular weight excluding hydrogens is 614 g/mol. The Kier molecular flexibility index (Phi) is 9.34. The Hall–Kier alpha value is -4.89. The molecule has 0 saturated carbocycles. The van der Waals surface area contributed by atoms with E-state index in [1.807, 2.05) is 4.90 Å². The summed E-state index contributed by atoms with van der Waals surface area (Å²) >= 11 is 0. The summed E-state index contributed by atoms with van der Waals surface area (Å²) in [5, 5.41) is 8.77. The number of anilines is 1. The zero-order valence-electron chi connectivity index (χ0n) is 24.7. The van der Waals surface area contributed by atoms with E-state index in [0.29, 0.717) is 44.0 Å². The molecule has 2 aromatic heterocycles. The number of hydrogen-bond donors (Lipinski definition) is 2. The largest absolute Gasteiger partial charge is 0.513 e. The van der Waals surface area contributed by atoms with Crippen molar-refractivity contribution < 1.29 is 36.6 Å². The molecule has 11 nitrogen and oxygen atoms in total. The Morgan fingerprint density at radius 3 is 2.33 bits per heavy atom. The van der Waals surface area contributed by atoms with Crippen LogP contribution in [0.3, 0.4) is 0 Å². The third kappa shape index (κ3) is 7.00. The van der Waals surface area contributed by atoms with Crippen molar-refractivity contribution >= 4 is 11.8 Å². The van der Waals surface area contributed by atoms with Crippen molar-refractivity contribution in [3.8, 4) is 5.95 Å². The second kappa shape index (κ2) is 13.2. The molecule has 1 fully saturated rings. The van der Waals surface area contributed by atoms with Gasteiger partial charge in [-0.25, -0.2) is 14.0 Å². The average Bonchev–Trinajstić information content (AvgIpc) is 3.44. The topological polar surface area (TPSA) is 136 Å². The summed E-state index contributed by atoms with van der Waals surface area (Å²) in [5.41, 5.74) is 3.68.